The molecule has 23 heavy (non-hydrogen) atoms. The normalized spacial score (nSPS) is 24.5. The Hall–Kier alpha value is -1.89. The Labute approximate surface area is 135 Å². The fraction of sp³-hybridized carbons (Fsp3) is 0.688. The van der Waals surface area contributed by atoms with Crippen molar-refractivity contribution < 1.29 is 14.7 Å². The zero-order chi connectivity index (χ0) is 16.2. The van der Waals surface area contributed by atoms with Crippen molar-refractivity contribution in [1.82, 2.24) is 20.2 Å². The summed E-state index contributed by atoms with van der Waals surface area (Å²) in [6.07, 6.45) is 8.70. The number of amides is 2. The summed E-state index contributed by atoms with van der Waals surface area (Å²) in [5, 5.41) is 12.7. The SMILES string of the molecule is O=C(NC1CCCN(C2CCCCC2)C1=O)C(O)c1cnc[nH]1. The van der Waals surface area contributed by atoms with Crippen LogP contribution in [0.25, 0.3) is 0 Å². The maximum absolute atomic E-state index is 12.7. The van der Waals surface area contributed by atoms with E-state index in [2.05, 4.69) is 15.3 Å². The predicted octanol–water partition coefficient (Wildman–Crippen LogP) is 0.883. The van der Waals surface area contributed by atoms with Gasteiger partial charge >= 0.3 is 0 Å². The number of nitrogens with zero attached hydrogens (tertiary/aromatic N) is 2. The van der Waals surface area contributed by atoms with Crippen molar-refractivity contribution in [2.24, 2.45) is 0 Å². The minimum atomic E-state index is -1.32. The Morgan fingerprint density at radius 2 is 2.09 bits per heavy atom. The molecule has 126 valence electrons. The Morgan fingerprint density at radius 3 is 2.78 bits per heavy atom. The molecule has 7 nitrogen and oxygen atoms in total. The van der Waals surface area contributed by atoms with Gasteiger partial charge in [-0.05, 0) is 25.7 Å². The molecule has 0 radical (unpaired) electrons. The summed E-state index contributed by atoms with van der Waals surface area (Å²) in [6.45, 7) is 0.777. The highest BCUT2D eigenvalue weighted by atomic mass is 16.3. The number of aromatic nitrogens is 2. The maximum Gasteiger partial charge on any atom is 0.255 e. The number of aliphatic hydroxyl groups excluding tert-OH is 1. The molecule has 0 spiro atoms. The van der Waals surface area contributed by atoms with Gasteiger partial charge in [-0.1, -0.05) is 19.3 Å². The number of aromatic amines is 1. The lowest BCUT2D eigenvalue weighted by molar-refractivity contribution is -0.143. The summed E-state index contributed by atoms with van der Waals surface area (Å²) in [7, 11) is 0. The summed E-state index contributed by atoms with van der Waals surface area (Å²) in [4.78, 5) is 33.3. The van der Waals surface area contributed by atoms with Crippen molar-refractivity contribution in [3.05, 3.63) is 18.2 Å². The standard InChI is InChI=1S/C16H24N4O3/c21-14(13-9-17-10-18-13)15(22)19-12-7-4-8-20(16(12)23)11-5-2-1-3-6-11/h9-12,14,21H,1-8H2,(H,17,18)(H,19,22). The topological polar surface area (TPSA) is 98.3 Å². The van der Waals surface area contributed by atoms with Crippen molar-refractivity contribution in [3.8, 4) is 0 Å². The molecule has 2 heterocycles. The van der Waals surface area contributed by atoms with E-state index in [-0.39, 0.29) is 5.91 Å². The molecule has 2 fully saturated rings. The first-order valence-electron chi connectivity index (χ1n) is 8.44. The van der Waals surface area contributed by atoms with E-state index in [1.165, 1.54) is 31.8 Å². The van der Waals surface area contributed by atoms with E-state index in [9.17, 15) is 14.7 Å². The average molecular weight is 320 g/mol. The van der Waals surface area contributed by atoms with Crippen molar-refractivity contribution in [1.29, 1.82) is 0 Å². The molecule has 1 aliphatic heterocycles. The van der Waals surface area contributed by atoms with Crippen LogP contribution < -0.4 is 5.32 Å². The van der Waals surface area contributed by atoms with Gasteiger partial charge in [-0.3, -0.25) is 9.59 Å². The lowest BCUT2D eigenvalue weighted by Gasteiger charge is -2.40. The highest BCUT2D eigenvalue weighted by Gasteiger charge is 2.35. The van der Waals surface area contributed by atoms with Crippen LogP contribution in [-0.2, 0) is 9.59 Å². The Kier molecular flexibility index (Phi) is 4.95. The van der Waals surface area contributed by atoms with Gasteiger partial charge in [0, 0.05) is 12.6 Å². The zero-order valence-electron chi connectivity index (χ0n) is 13.2. The number of carbonyl (C=O) groups is 2. The molecule has 2 aliphatic rings. The van der Waals surface area contributed by atoms with E-state index in [4.69, 9.17) is 0 Å². The number of imidazole rings is 1. The van der Waals surface area contributed by atoms with E-state index in [1.807, 2.05) is 4.90 Å². The zero-order valence-corrected chi connectivity index (χ0v) is 13.2. The first-order chi connectivity index (χ1) is 11.2. The van der Waals surface area contributed by atoms with Gasteiger partial charge in [-0.2, -0.15) is 0 Å². The van der Waals surface area contributed by atoms with Crippen molar-refractivity contribution in [2.45, 2.75) is 63.1 Å². The molecule has 7 heteroatoms. The van der Waals surface area contributed by atoms with Gasteiger partial charge < -0.3 is 20.3 Å². The number of rotatable bonds is 4. The second-order valence-electron chi connectivity index (χ2n) is 6.44. The van der Waals surface area contributed by atoms with Crippen LogP contribution in [0, 0.1) is 0 Å². The fourth-order valence-corrected chi connectivity index (χ4v) is 3.60. The highest BCUT2D eigenvalue weighted by molar-refractivity contribution is 5.90. The van der Waals surface area contributed by atoms with E-state index >= 15 is 0 Å². The van der Waals surface area contributed by atoms with Gasteiger partial charge in [0.05, 0.1) is 18.2 Å². The number of carbonyl (C=O) groups excluding carboxylic acids is 2. The third-order valence-electron chi connectivity index (χ3n) is 4.87. The Bertz CT molecular complexity index is 540. The lowest BCUT2D eigenvalue weighted by atomic mass is 9.91. The molecule has 0 bridgehead atoms. The van der Waals surface area contributed by atoms with Crippen molar-refractivity contribution in [2.75, 3.05) is 6.54 Å². The third kappa shape index (κ3) is 3.55. The van der Waals surface area contributed by atoms with Crippen LogP contribution in [0.3, 0.4) is 0 Å². The van der Waals surface area contributed by atoms with E-state index in [0.717, 1.165) is 25.8 Å². The number of H-pyrrole nitrogens is 1. The minimum Gasteiger partial charge on any atom is -0.377 e. The van der Waals surface area contributed by atoms with E-state index in [0.29, 0.717) is 18.2 Å². The lowest BCUT2D eigenvalue weighted by Crippen LogP contribution is -2.56. The number of likely N-dealkylation sites (tertiary alicyclic amines) is 1. The fourth-order valence-electron chi connectivity index (χ4n) is 3.60. The van der Waals surface area contributed by atoms with Gasteiger partial charge in [0.25, 0.3) is 5.91 Å². The number of hydrogen-bond acceptors (Lipinski definition) is 4. The van der Waals surface area contributed by atoms with Gasteiger partial charge in [-0.15, -0.1) is 0 Å². The van der Waals surface area contributed by atoms with Crippen LogP contribution in [0.4, 0.5) is 0 Å². The molecule has 1 aliphatic carbocycles. The molecular formula is C16H24N4O3. The average Bonchev–Trinajstić information content (AvgIpc) is 3.11. The van der Waals surface area contributed by atoms with Crippen LogP contribution in [0.1, 0.15) is 56.7 Å². The maximum atomic E-state index is 12.7. The number of aliphatic hydroxyl groups is 1. The molecule has 2 unspecified atom stereocenters. The quantitative estimate of drug-likeness (QED) is 0.767. The molecule has 1 saturated heterocycles. The van der Waals surface area contributed by atoms with E-state index < -0.39 is 18.1 Å². The Morgan fingerprint density at radius 1 is 1.30 bits per heavy atom. The van der Waals surface area contributed by atoms with Gasteiger partial charge in [-0.25, -0.2) is 4.98 Å². The second kappa shape index (κ2) is 7.12. The molecule has 1 aromatic heterocycles. The Balaban J connectivity index is 1.60. The minimum absolute atomic E-state index is 0.00619. The molecule has 3 N–H and O–H groups in total. The smallest absolute Gasteiger partial charge is 0.255 e. The molecule has 1 saturated carbocycles. The highest BCUT2D eigenvalue weighted by Crippen LogP contribution is 2.26. The summed E-state index contributed by atoms with van der Waals surface area (Å²) in [5.74, 6) is -0.564. The molecular weight excluding hydrogens is 296 g/mol. The van der Waals surface area contributed by atoms with Crippen LogP contribution >= 0.6 is 0 Å². The summed E-state index contributed by atoms with van der Waals surface area (Å²) < 4.78 is 0. The van der Waals surface area contributed by atoms with Crippen LogP contribution in [0.5, 0.6) is 0 Å². The second-order valence-corrected chi connectivity index (χ2v) is 6.44. The van der Waals surface area contributed by atoms with Gasteiger partial charge in [0.2, 0.25) is 5.91 Å². The van der Waals surface area contributed by atoms with Crippen molar-refractivity contribution in [3.63, 3.8) is 0 Å². The van der Waals surface area contributed by atoms with E-state index in [1.54, 1.807) is 0 Å². The molecule has 2 atom stereocenters. The molecule has 0 aromatic carbocycles. The third-order valence-corrected chi connectivity index (χ3v) is 4.87. The number of hydrogen-bond donors (Lipinski definition) is 3. The number of piperidine rings is 1. The van der Waals surface area contributed by atoms with Crippen LogP contribution in [-0.4, -0.2) is 50.4 Å². The molecule has 2 amide bonds. The van der Waals surface area contributed by atoms with Crippen LogP contribution in [0.15, 0.2) is 12.5 Å². The summed E-state index contributed by atoms with van der Waals surface area (Å²) in [6, 6.07) is -0.218. The van der Waals surface area contributed by atoms with Crippen molar-refractivity contribution >= 4 is 11.8 Å². The monoisotopic (exact) mass is 320 g/mol. The van der Waals surface area contributed by atoms with Gasteiger partial charge in [0.15, 0.2) is 6.10 Å². The summed E-state index contributed by atoms with van der Waals surface area (Å²) >= 11 is 0. The van der Waals surface area contributed by atoms with Gasteiger partial charge in [0.1, 0.15) is 6.04 Å². The largest absolute Gasteiger partial charge is 0.377 e. The molecule has 3 rings (SSSR count). The predicted molar refractivity (Wildman–Crippen MR) is 83.3 cm³/mol. The first kappa shape index (κ1) is 16.0. The first-order valence-corrected chi connectivity index (χ1v) is 8.44. The van der Waals surface area contributed by atoms with Crippen LogP contribution in [0.2, 0.25) is 0 Å². The molecule has 1 aromatic rings. The number of nitrogens with one attached hydrogen (secondary N) is 2. The summed E-state index contributed by atoms with van der Waals surface area (Å²) in [5.41, 5.74) is 0.329.